The minimum absolute atomic E-state index is 0.106. The summed E-state index contributed by atoms with van der Waals surface area (Å²) in [6, 6.07) is 12.3. The minimum atomic E-state index is -4.45. The number of carbonyl (C=O) groups is 2. The third kappa shape index (κ3) is 5.64. The second-order valence-electron chi connectivity index (χ2n) is 6.09. The van der Waals surface area contributed by atoms with Gasteiger partial charge >= 0.3 is 6.18 Å². The van der Waals surface area contributed by atoms with E-state index in [4.69, 9.17) is 0 Å². The summed E-state index contributed by atoms with van der Waals surface area (Å²) >= 11 is 0. The van der Waals surface area contributed by atoms with Crippen molar-refractivity contribution in [1.82, 2.24) is 10.7 Å². The molecule has 1 unspecified atom stereocenters. The molecule has 0 radical (unpaired) electrons. The third-order valence-electron chi connectivity index (χ3n) is 3.89. The first-order valence-corrected chi connectivity index (χ1v) is 8.51. The molecule has 0 fully saturated rings. The summed E-state index contributed by atoms with van der Waals surface area (Å²) in [5.74, 6) is -0.929. The Bertz CT molecular complexity index is 941. The van der Waals surface area contributed by atoms with Crippen molar-refractivity contribution < 1.29 is 22.8 Å². The summed E-state index contributed by atoms with van der Waals surface area (Å²) in [5, 5.41) is 8.86. The first-order valence-electron chi connectivity index (χ1n) is 8.51. The van der Waals surface area contributed by atoms with Gasteiger partial charge in [-0.1, -0.05) is 30.3 Å². The number of hydrazone groups is 1. The Kier molecular flexibility index (Phi) is 5.91. The number of hydrogen-bond donors (Lipinski definition) is 3. The van der Waals surface area contributed by atoms with Gasteiger partial charge in [0.25, 0.3) is 5.91 Å². The second kappa shape index (κ2) is 8.55. The summed E-state index contributed by atoms with van der Waals surface area (Å²) in [6.07, 6.45) is -3.18. The molecule has 0 aliphatic carbocycles. The molecule has 10 heteroatoms. The van der Waals surface area contributed by atoms with Gasteiger partial charge in [0.1, 0.15) is 6.04 Å². The van der Waals surface area contributed by atoms with Crippen LogP contribution < -0.4 is 16.1 Å². The SMILES string of the molecule is O=C(CC1N=C(N/N=C\c2ccccc2)NC1=O)Nc1ccc(C(F)(F)F)cc1. The Balaban J connectivity index is 1.53. The van der Waals surface area contributed by atoms with Crippen molar-refractivity contribution in [2.24, 2.45) is 10.1 Å². The fraction of sp³-hybridized carbons (Fsp3) is 0.158. The predicted molar refractivity (Wildman–Crippen MR) is 101 cm³/mol. The smallest absolute Gasteiger partial charge is 0.326 e. The molecule has 3 rings (SSSR count). The summed E-state index contributed by atoms with van der Waals surface area (Å²) < 4.78 is 37.7. The number of aliphatic imine (C=N–C) groups is 1. The van der Waals surface area contributed by atoms with E-state index in [2.05, 4.69) is 26.2 Å². The van der Waals surface area contributed by atoms with Gasteiger partial charge in [-0.25, -0.2) is 10.4 Å². The van der Waals surface area contributed by atoms with Crippen LogP contribution in [0.25, 0.3) is 0 Å². The van der Waals surface area contributed by atoms with E-state index in [1.807, 2.05) is 30.3 Å². The lowest BCUT2D eigenvalue weighted by Gasteiger charge is -2.09. The van der Waals surface area contributed by atoms with Gasteiger partial charge in [-0.15, -0.1) is 0 Å². The number of halogens is 3. The van der Waals surface area contributed by atoms with Gasteiger partial charge in [0.05, 0.1) is 18.2 Å². The largest absolute Gasteiger partial charge is 0.416 e. The van der Waals surface area contributed by atoms with Gasteiger partial charge in [-0.05, 0) is 29.8 Å². The second-order valence-corrected chi connectivity index (χ2v) is 6.09. The van der Waals surface area contributed by atoms with Crippen LogP contribution in [0.2, 0.25) is 0 Å². The molecular weight excluding hydrogens is 387 g/mol. The number of hydrogen-bond acceptors (Lipinski definition) is 5. The molecule has 0 aromatic heterocycles. The highest BCUT2D eigenvalue weighted by atomic mass is 19.4. The highest BCUT2D eigenvalue weighted by molar-refractivity contribution is 6.07. The lowest BCUT2D eigenvalue weighted by Crippen LogP contribution is -2.35. The molecule has 0 saturated carbocycles. The maximum atomic E-state index is 12.6. The van der Waals surface area contributed by atoms with Crippen molar-refractivity contribution in [1.29, 1.82) is 0 Å². The molecule has 2 amide bonds. The average Bonchev–Trinajstić information content (AvgIpc) is 3.01. The van der Waals surface area contributed by atoms with Crippen LogP contribution in [0.15, 0.2) is 64.7 Å². The molecule has 1 aliphatic heterocycles. The number of rotatable bonds is 5. The van der Waals surface area contributed by atoms with E-state index in [1.165, 1.54) is 0 Å². The topological polar surface area (TPSA) is 94.9 Å². The molecule has 1 heterocycles. The number of benzene rings is 2. The maximum Gasteiger partial charge on any atom is 0.416 e. The van der Waals surface area contributed by atoms with Crippen LogP contribution in [0.5, 0.6) is 0 Å². The van der Waals surface area contributed by atoms with Gasteiger partial charge in [-0.2, -0.15) is 18.3 Å². The van der Waals surface area contributed by atoms with Gasteiger partial charge in [0, 0.05) is 5.69 Å². The number of amides is 2. The van der Waals surface area contributed by atoms with Crippen LogP contribution >= 0.6 is 0 Å². The van der Waals surface area contributed by atoms with E-state index in [9.17, 15) is 22.8 Å². The van der Waals surface area contributed by atoms with E-state index >= 15 is 0 Å². The zero-order chi connectivity index (χ0) is 20.9. The number of nitrogens with zero attached hydrogens (tertiary/aromatic N) is 2. The van der Waals surface area contributed by atoms with Crippen LogP contribution in [0, 0.1) is 0 Å². The summed E-state index contributed by atoms with van der Waals surface area (Å²) in [7, 11) is 0. The molecule has 1 atom stereocenters. The standard InChI is InChI=1S/C19H16F3N5O2/c20-19(21,22)13-6-8-14(9-7-13)24-16(28)10-15-17(29)26-18(25-15)27-23-11-12-4-2-1-3-5-12/h1-9,11,15H,10H2,(H,24,28)(H2,25,26,27,29)/b23-11-. The summed E-state index contributed by atoms with van der Waals surface area (Å²) in [5.41, 5.74) is 2.80. The molecule has 29 heavy (non-hydrogen) atoms. The Hall–Kier alpha value is -3.69. The van der Waals surface area contributed by atoms with Crippen LogP contribution in [0.3, 0.4) is 0 Å². The van der Waals surface area contributed by atoms with E-state index in [0.29, 0.717) is 0 Å². The summed E-state index contributed by atoms with van der Waals surface area (Å²) in [4.78, 5) is 28.1. The molecule has 2 aromatic rings. The minimum Gasteiger partial charge on any atom is -0.326 e. The van der Waals surface area contributed by atoms with Crippen LogP contribution in [-0.2, 0) is 15.8 Å². The first-order chi connectivity index (χ1) is 13.8. The number of anilines is 1. The molecule has 150 valence electrons. The number of guanidine groups is 1. The van der Waals surface area contributed by atoms with Gasteiger partial charge in [0.15, 0.2) is 0 Å². The molecule has 0 spiro atoms. The van der Waals surface area contributed by atoms with Crippen molar-refractivity contribution in [3.8, 4) is 0 Å². The van der Waals surface area contributed by atoms with E-state index in [1.54, 1.807) is 6.21 Å². The molecule has 1 aliphatic rings. The quantitative estimate of drug-likeness (QED) is 0.529. The number of alkyl halides is 3. The first kappa shape index (κ1) is 20.1. The average molecular weight is 403 g/mol. The van der Waals surface area contributed by atoms with Crippen LogP contribution in [0.1, 0.15) is 17.5 Å². The number of carbonyl (C=O) groups excluding carboxylic acids is 2. The fourth-order valence-electron chi connectivity index (χ4n) is 2.48. The van der Waals surface area contributed by atoms with Crippen molar-refractivity contribution >= 4 is 29.7 Å². The highest BCUT2D eigenvalue weighted by Gasteiger charge is 2.30. The van der Waals surface area contributed by atoms with Crippen molar-refractivity contribution in [2.45, 2.75) is 18.6 Å². The number of nitrogens with one attached hydrogen (secondary N) is 3. The normalized spacial score (nSPS) is 16.4. The molecule has 7 nitrogen and oxygen atoms in total. The van der Waals surface area contributed by atoms with Gasteiger partial charge < -0.3 is 5.32 Å². The van der Waals surface area contributed by atoms with E-state index < -0.39 is 29.6 Å². The lowest BCUT2D eigenvalue weighted by molar-refractivity contribution is -0.137. The Morgan fingerprint density at radius 2 is 1.83 bits per heavy atom. The zero-order valence-electron chi connectivity index (χ0n) is 14.9. The van der Waals surface area contributed by atoms with Crippen molar-refractivity contribution in [3.05, 3.63) is 65.7 Å². The van der Waals surface area contributed by atoms with E-state index in [0.717, 1.165) is 29.8 Å². The van der Waals surface area contributed by atoms with Crippen molar-refractivity contribution in [2.75, 3.05) is 5.32 Å². The predicted octanol–water partition coefficient (Wildman–Crippen LogP) is 2.51. The Labute approximate surface area is 163 Å². The molecule has 2 aromatic carbocycles. The summed E-state index contributed by atoms with van der Waals surface area (Å²) in [6.45, 7) is 0. The molecule has 0 bridgehead atoms. The van der Waals surface area contributed by atoms with Crippen LogP contribution in [0.4, 0.5) is 18.9 Å². The fourth-order valence-corrected chi connectivity index (χ4v) is 2.48. The van der Waals surface area contributed by atoms with Gasteiger partial charge in [-0.3, -0.25) is 14.9 Å². The lowest BCUT2D eigenvalue weighted by atomic mass is 10.1. The molecule has 0 saturated heterocycles. The van der Waals surface area contributed by atoms with E-state index in [-0.39, 0.29) is 18.1 Å². The molecule has 3 N–H and O–H groups in total. The highest BCUT2D eigenvalue weighted by Crippen LogP contribution is 2.29. The Morgan fingerprint density at radius 1 is 1.14 bits per heavy atom. The monoisotopic (exact) mass is 403 g/mol. The van der Waals surface area contributed by atoms with Crippen LogP contribution in [-0.4, -0.2) is 30.0 Å². The third-order valence-corrected chi connectivity index (χ3v) is 3.89. The van der Waals surface area contributed by atoms with Gasteiger partial charge in [0.2, 0.25) is 11.9 Å². The molecular formula is C19H16F3N5O2. The van der Waals surface area contributed by atoms with Crippen molar-refractivity contribution in [3.63, 3.8) is 0 Å². The Morgan fingerprint density at radius 3 is 2.48 bits per heavy atom. The maximum absolute atomic E-state index is 12.6. The zero-order valence-corrected chi connectivity index (χ0v) is 14.9.